The SMILES string of the molecule is Cc1nc2cc(C(=O)N[C@H]3c4ccccc4C[C@H]3O)ccc2o1. The topological polar surface area (TPSA) is 75.4 Å². The van der Waals surface area contributed by atoms with E-state index in [4.69, 9.17) is 4.42 Å². The maximum absolute atomic E-state index is 12.5. The zero-order chi connectivity index (χ0) is 16.0. The molecular weight excluding hydrogens is 292 g/mol. The molecule has 0 saturated carbocycles. The van der Waals surface area contributed by atoms with Crippen molar-refractivity contribution in [3.8, 4) is 0 Å². The van der Waals surface area contributed by atoms with Gasteiger partial charge in [-0.2, -0.15) is 0 Å². The summed E-state index contributed by atoms with van der Waals surface area (Å²) in [7, 11) is 0. The van der Waals surface area contributed by atoms with Gasteiger partial charge in [0.2, 0.25) is 0 Å². The van der Waals surface area contributed by atoms with Crippen molar-refractivity contribution < 1.29 is 14.3 Å². The van der Waals surface area contributed by atoms with Gasteiger partial charge in [0.1, 0.15) is 5.52 Å². The van der Waals surface area contributed by atoms with Crippen LogP contribution < -0.4 is 5.32 Å². The van der Waals surface area contributed by atoms with Gasteiger partial charge in [0.05, 0.1) is 12.1 Å². The Balaban J connectivity index is 1.61. The highest BCUT2D eigenvalue weighted by Gasteiger charge is 2.32. The lowest BCUT2D eigenvalue weighted by atomic mass is 10.1. The Bertz CT molecular complexity index is 900. The number of hydrogen-bond donors (Lipinski definition) is 2. The van der Waals surface area contributed by atoms with Gasteiger partial charge in [0.15, 0.2) is 11.5 Å². The highest BCUT2D eigenvalue weighted by molar-refractivity contribution is 5.97. The Kier molecular flexibility index (Phi) is 3.16. The molecule has 2 aromatic carbocycles. The van der Waals surface area contributed by atoms with Crippen LogP contribution in [-0.4, -0.2) is 22.1 Å². The number of rotatable bonds is 2. The van der Waals surface area contributed by atoms with Crippen molar-refractivity contribution in [3.05, 3.63) is 65.0 Å². The largest absolute Gasteiger partial charge is 0.441 e. The molecule has 2 atom stereocenters. The molecule has 0 spiro atoms. The Labute approximate surface area is 133 Å². The van der Waals surface area contributed by atoms with Crippen LogP contribution in [0, 0.1) is 6.92 Å². The van der Waals surface area contributed by atoms with Gasteiger partial charge < -0.3 is 14.8 Å². The second kappa shape index (κ2) is 5.21. The third kappa shape index (κ3) is 2.39. The van der Waals surface area contributed by atoms with Crippen LogP contribution >= 0.6 is 0 Å². The summed E-state index contributed by atoms with van der Waals surface area (Å²) in [6.07, 6.45) is -0.0443. The molecule has 23 heavy (non-hydrogen) atoms. The minimum absolute atomic E-state index is 0.228. The number of amides is 1. The van der Waals surface area contributed by atoms with Crippen LogP contribution in [0.25, 0.3) is 11.1 Å². The fourth-order valence-corrected chi connectivity index (χ4v) is 3.16. The van der Waals surface area contributed by atoms with Crippen molar-refractivity contribution in [1.82, 2.24) is 10.3 Å². The van der Waals surface area contributed by atoms with E-state index in [0.29, 0.717) is 29.0 Å². The van der Waals surface area contributed by atoms with Crippen molar-refractivity contribution in [2.75, 3.05) is 0 Å². The monoisotopic (exact) mass is 308 g/mol. The van der Waals surface area contributed by atoms with Crippen LogP contribution in [-0.2, 0) is 6.42 Å². The van der Waals surface area contributed by atoms with Gasteiger partial charge in [0.25, 0.3) is 5.91 Å². The molecule has 0 bridgehead atoms. The number of hydrogen-bond acceptors (Lipinski definition) is 4. The lowest BCUT2D eigenvalue weighted by molar-refractivity contribution is 0.0858. The molecule has 1 aromatic heterocycles. The number of nitrogens with one attached hydrogen (secondary N) is 1. The predicted octanol–water partition coefficient (Wildman–Crippen LogP) is 2.52. The van der Waals surface area contributed by atoms with Crippen LogP contribution in [0.2, 0.25) is 0 Å². The van der Waals surface area contributed by atoms with E-state index in [2.05, 4.69) is 10.3 Å². The van der Waals surface area contributed by atoms with E-state index in [9.17, 15) is 9.90 Å². The number of carbonyl (C=O) groups excluding carboxylic acids is 1. The van der Waals surface area contributed by atoms with Crippen molar-refractivity contribution in [2.45, 2.75) is 25.5 Å². The second-order valence-corrected chi connectivity index (χ2v) is 5.84. The van der Waals surface area contributed by atoms with E-state index in [-0.39, 0.29) is 11.9 Å². The van der Waals surface area contributed by atoms with Gasteiger partial charge in [0, 0.05) is 18.9 Å². The van der Waals surface area contributed by atoms with Gasteiger partial charge in [-0.1, -0.05) is 24.3 Å². The van der Waals surface area contributed by atoms with Crippen LogP contribution in [0.15, 0.2) is 46.9 Å². The van der Waals surface area contributed by atoms with E-state index in [1.165, 1.54) is 0 Å². The molecule has 116 valence electrons. The molecule has 0 aliphatic heterocycles. The van der Waals surface area contributed by atoms with E-state index in [0.717, 1.165) is 11.1 Å². The summed E-state index contributed by atoms with van der Waals surface area (Å²) in [5.41, 5.74) is 3.87. The lowest BCUT2D eigenvalue weighted by Gasteiger charge is -2.18. The van der Waals surface area contributed by atoms with Crippen molar-refractivity contribution >= 4 is 17.0 Å². The molecule has 1 amide bonds. The summed E-state index contributed by atoms with van der Waals surface area (Å²) < 4.78 is 5.42. The summed E-state index contributed by atoms with van der Waals surface area (Å²) >= 11 is 0. The first kappa shape index (κ1) is 14.0. The molecular formula is C18H16N2O3. The molecule has 5 nitrogen and oxygen atoms in total. The standard InChI is InChI=1S/C18H16N2O3/c1-10-19-14-8-12(6-7-16(14)23-10)18(22)20-17-13-5-3-2-4-11(13)9-15(17)21/h2-8,15,17,21H,9H2,1H3,(H,20,22)/t15-,17+/m1/s1. The number of fused-ring (bicyclic) bond motifs is 2. The number of aliphatic hydroxyl groups excluding tert-OH is 1. The van der Waals surface area contributed by atoms with Gasteiger partial charge in [-0.15, -0.1) is 0 Å². The van der Waals surface area contributed by atoms with Crippen molar-refractivity contribution in [1.29, 1.82) is 0 Å². The number of nitrogens with zero attached hydrogens (tertiary/aromatic N) is 1. The summed E-state index contributed by atoms with van der Waals surface area (Å²) in [6, 6.07) is 12.5. The third-order valence-electron chi connectivity index (χ3n) is 4.25. The first-order chi connectivity index (χ1) is 11.1. The van der Waals surface area contributed by atoms with Gasteiger partial charge in [-0.3, -0.25) is 4.79 Å². The fraction of sp³-hybridized carbons (Fsp3) is 0.222. The minimum atomic E-state index is -0.602. The lowest BCUT2D eigenvalue weighted by Crippen LogP contribution is -2.33. The van der Waals surface area contributed by atoms with Crippen molar-refractivity contribution in [2.24, 2.45) is 0 Å². The number of oxazole rings is 1. The Morgan fingerprint density at radius 1 is 1.30 bits per heavy atom. The highest BCUT2D eigenvalue weighted by Crippen LogP contribution is 2.31. The van der Waals surface area contributed by atoms with E-state index >= 15 is 0 Å². The Morgan fingerprint density at radius 3 is 3.00 bits per heavy atom. The first-order valence-corrected chi connectivity index (χ1v) is 7.56. The number of aryl methyl sites for hydroxylation is 1. The fourth-order valence-electron chi connectivity index (χ4n) is 3.16. The van der Waals surface area contributed by atoms with Crippen molar-refractivity contribution in [3.63, 3.8) is 0 Å². The number of benzene rings is 2. The average molecular weight is 308 g/mol. The summed E-state index contributed by atoms with van der Waals surface area (Å²) in [5, 5.41) is 13.2. The third-order valence-corrected chi connectivity index (χ3v) is 4.25. The molecule has 1 aliphatic rings. The normalized spacial score (nSPS) is 19.7. The summed E-state index contributed by atoms with van der Waals surface area (Å²) in [5.74, 6) is 0.339. The molecule has 0 radical (unpaired) electrons. The summed E-state index contributed by atoms with van der Waals surface area (Å²) in [4.78, 5) is 16.8. The van der Waals surface area contributed by atoms with E-state index < -0.39 is 6.10 Å². The molecule has 4 rings (SSSR count). The molecule has 5 heteroatoms. The molecule has 0 unspecified atom stereocenters. The molecule has 0 saturated heterocycles. The predicted molar refractivity (Wildman–Crippen MR) is 85.1 cm³/mol. The zero-order valence-corrected chi connectivity index (χ0v) is 12.6. The smallest absolute Gasteiger partial charge is 0.251 e. The maximum atomic E-state index is 12.5. The quantitative estimate of drug-likeness (QED) is 0.763. The number of aromatic nitrogens is 1. The van der Waals surface area contributed by atoms with E-state index in [1.54, 1.807) is 25.1 Å². The zero-order valence-electron chi connectivity index (χ0n) is 12.6. The minimum Gasteiger partial charge on any atom is -0.441 e. The average Bonchev–Trinajstić information content (AvgIpc) is 3.06. The molecule has 1 aliphatic carbocycles. The van der Waals surface area contributed by atoms with Gasteiger partial charge >= 0.3 is 0 Å². The number of aliphatic hydroxyl groups is 1. The van der Waals surface area contributed by atoms with Crippen LogP contribution in [0.3, 0.4) is 0 Å². The molecule has 1 heterocycles. The van der Waals surface area contributed by atoms with Crippen LogP contribution in [0.1, 0.15) is 33.4 Å². The Hall–Kier alpha value is -2.66. The summed E-state index contributed by atoms with van der Waals surface area (Å²) in [6.45, 7) is 1.77. The maximum Gasteiger partial charge on any atom is 0.251 e. The Morgan fingerprint density at radius 2 is 2.13 bits per heavy atom. The first-order valence-electron chi connectivity index (χ1n) is 7.56. The number of carbonyl (C=O) groups is 1. The van der Waals surface area contributed by atoms with Crippen LogP contribution in [0.4, 0.5) is 0 Å². The van der Waals surface area contributed by atoms with Gasteiger partial charge in [-0.05, 0) is 29.3 Å². The second-order valence-electron chi connectivity index (χ2n) is 5.84. The van der Waals surface area contributed by atoms with Gasteiger partial charge in [-0.25, -0.2) is 4.98 Å². The van der Waals surface area contributed by atoms with Crippen LogP contribution in [0.5, 0.6) is 0 Å². The highest BCUT2D eigenvalue weighted by atomic mass is 16.3. The molecule has 3 aromatic rings. The molecule has 0 fully saturated rings. The molecule has 2 N–H and O–H groups in total. The van der Waals surface area contributed by atoms with E-state index in [1.807, 2.05) is 24.3 Å².